The van der Waals surface area contributed by atoms with E-state index in [2.05, 4.69) is 28.3 Å². The lowest BCUT2D eigenvalue weighted by Crippen LogP contribution is -2.36. The summed E-state index contributed by atoms with van der Waals surface area (Å²) in [4.78, 5) is 30.7. The zero-order chi connectivity index (χ0) is 21.5. The molecule has 0 aliphatic rings. The molecular weight excluding hydrogens is 399 g/mol. The minimum Gasteiger partial charge on any atom is -0.475 e. The van der Waals surface area contributed by atoms with Crippen LogP contribution in [0.1, 0.15) is 26.7 Å². The third-order valence-electron chi connectivity index (χ3n) is 3.59. The highest BCUT2D eigenvalue weighted by molar-refractivity contribution is 7.10. The van der Waals surface area contributed by atoms with E-state index in [1.165, 1.54) is 16.8 Å². The lowest BCUT2D eigenvalue weighted by Gasteiger charge is -2.23. The number of carboxylic acids is 1. The number of hydrogen-bond donors (Lipinski definition) is 1. The number of halogens is 3. The second-order valence-corrected chi connectivity index (χ2v) is 7.13. The van der Waals surface area contributed by atoms with Gasteiger partial charge in [0.25, 0.3) is 5.91 Å². The highest BCUT2D eigenvalue weighted by Crippen LogP contribution is 2.20. The number of aliphatic carboxylic acids is 1. The van der Waals surface area contributed by atoms with Crippen LogP contribution in [0.15, 0.2) is 22.3 Å². The van der Waals surface area contributed by atoms with Gasteiger partial charge < -0.3 is 19.3 Å². The summed E-state index contributed by atoms with van der Waals surface area (Å²) in [5, 5.41) is 9.18. The lowest BCUT2D eigenvalue weighted by molar-refractivity contribution is -0.192. The quantitative estimate of drug-likeness (QED) is 0.771. The van der Waals surface area contributed by atoms with Crippen molar-refractivity contribution in [3.63, 3.8) is 0 Å². The molecule has 28 heavy (non-hydrogen) atoms. The number of aryl methyl sites for hydroxylation is 2. The number of carbonyl (C=O) groups excluding carboxylic acids is 1. The summed E-state index contributed by atoms with van der Waals surface area (Å²) in [6, 6.07) is 2.08. The van der Waals surface area contributed by atoms with E-state index in [1.807, 2.05) is 19.0 Å². The predicted molar refractivity (Wildman–Crippen MR) is 97.3 cm³/mol. The van der Waals surface area contributed by atoms with Gasteiger partial charge in [-0.1, -0.05) is 0 Å². The third-order valence-corrected chi connectivity index (χ3v) is 4.60. The maximum Gasteiger partial charge on any atom is 0.490 e. The molecular formula is C17H22F3N3O4S. The maximum absolute atomic E-state index is 12.7. The molecule has 2 aromatic heterocycles. The fraction of sp³-hybridized carbons (Fsp3) is 0.471. The Hall–Kier alpha value is -2.40. The monoisotopic (exact) mass is 421 g/mol. The van der Waals surface area contributed by atoms with Crippen molar-refractivity contribution in [1.82, 2.24) is 14.8 Å². The Morgan fingerprint density at radius 1 is 1.25 bits per heavy atom. The van der Waals surface area contributed by atoms with Crippen LogP contribution in [0.4, 0.5) is 13.2 Å². The van der Waals surface area contributed by atoms with Crippen molar-refractivity contribution < 1.29 is 32.3 Å². The highest BCUT2D eigenvalue weighted by Gasteiger charge is 2.38. The summed E-state index contributed by atoms with van der Waals surface area (Å²) in [5.74, 6) is -2.52. The SMILES string of the molecule is Cc1ccsc1CN(CCN(C)C)C(=O)c1ocnc1C.O=C(O)C(F)(F)F. The zero-order valence-electron chi connectivity index (χ0n) is 15.9. The second-order valence-electron chi connectivity index (χ2n) is 6.13. The molecule has 0 aliphatic heterocycles. The lowest BCUT2D eigenvalue weighted by atomic mass is 10.2. The molecule has 2 rings (SSSR count). The summed E-state index contributed by atoms with van der Waals surface area (Å²) < 4.78 is 37.0. The Kier molecular flexibility index (Phi) is 8.64. The Bertz CT molecular complexity index is 787. The standard InChI is InChI=1S/C15H21N3O2S.C2HF3O2/c1-11-5-8-21-13(11)9-18(7-6-17(3)4)15(19)14-12(2)16-10-20-14;3-2(4,5)1(6)7/h5,8,10H,6-7,9H2,1-4H3;(H,6,7). The van der Waals surface area contributed by atoms with Crippen molar-refractivity contribution in [2.75, 3.05) is 27.2 Å². The van der Waals surface area contributed by atoms with Crippen LogP contribution >= 0.6 is 11.3 Å². The van der Waals surface area contributed by atoms with Gasteiger partial charge >= 0.3 is 12.1 Å². The van der Waals surface area contributed by atoms with E-state index in [0.717, 1.165) is 6.54 Å². The molecule has 0 unspecified atom stereocenters. The first-order chi connectivity index (χ1) is 12.9. The third kappa shape index (κ3) is 7.31. The molecule has 1 N–H and O–H groups in total. The Balaban J connectivity index is 0.000000480. The van der Waals surface area contributed by atoms with Crippen molar-refractivity contribution >= 4 is 23.2 Å². The number of amides is 1. The van der Waals surface area contributed by atoms with E-state index < -0.39 is 12.1 Å². The smallest absolute Gasteiger partial charge is 0.475 e. The molecule has 0 radical (unpaired) electrons. The van der Waals surface area contributed by atoms with Crippen LogP contribution in [-0.4, -0.2) is 65.1 Å². The van der Waals surface area contributed by atoms with E-state index in [4.69, 9.17) is 14.3 Å². The number of thiophene rings is 1. The average molecular weight is 421 g/mol. The molecule has 0 saturated carbocycles. The van der Waals surface area contributed by atoms with Crippen LogP contribution in [0.25, 0.3) is 0 Å². The van der Waals surface area contributed by atoms with Gasteiger partial charge in [0.1, 0.15) is 0 Å². The van der Waals surface area contributed by atoms with Crippen LogP contribution in [0, 0.1) is 13.8 Å². The summed E-state index contributed by atoms with van der Waals surface area (Å²) in [5.41, 5.74) is 1.86. The zero-order valence-corrected chi connectivity index (χ0v) is 16.7. The molecule has 0 atom stereocenters. The molecule has 156 valence electrons. The molecule has 0 aromatic carbocycles. The predicted octanol–water partition coefficient (Wildman–Crippen LogP) is 3.19. The molecule has 0 aliphatic carbocycles. The average Bonchev–Trinajstić information content (AvgIpc) is 3.18. The molecule has 7 nitrogen and oxygen atoms in total. The van der Waals surface area contributed by atoms with E-state index >= 15 is 0 Å². The highest BCUT2D eigenvalue weighted by atomic mass is 32.1. The number of nitrogens with zero attached hydrogens (tertiary/aromatic N) is 3. The maximum atomic E-state index is 12.7. The van der Waals surface area contributed by atoms with Crippen molar-refractivity contribution in [2.45, 2.75) is 26.6 Å². The van der Waals surface area contributed by atoms with Crippen molar-refractivity contribution in [2.24, 2.45) is 0 Å². The number of carboxylic acid groups (broad SMARTS) is 1. The van der Waals surface area contributed by atoms with Crippen LogP contribution in [0.5, 0.6) is 0 Å². The van der Waals surface area contributed by atoms with Gasteiger partial charge in [-0.15, -0.1) is 11.3 Å². The number of oxazole rings is 1. The van der Waals surface area contributed by atoms with E-state index in [-0.39, 0.29) is 5.91 Å². The number of alkyl halides is 3. The Labute approximate surface area is 164 Å². The van der Waals surface area contributed by atoms with Crippen LogP contribution in [0.2, 0.25) is 0 Å². The normalized spacial score (nSPS) is 11.1. The number of rotatable bonds is 6. The molecule has 11 heteroatoms. The van der Waals surface area contributed by atoms with Gasteiger partial charge in [-0.2, -0.15) is 13.2 Å². The molecule has 0 bridgehead atoms. The van der Waals surface area contributed by atoms with Gasteiger partial charge in [0.05, 0.1) is 12.2 Å². The molecule has 1 amide bonds. The van der Waals surface area contributed by atoms with Gasteiger partial charge in [0.2, 0.25) is 5.76 Å². The molecule has 2 aromatic rings. The van der Waals surface area contributed by atoms with Gasteiger partial charge in [0.15, 0.2) is 6.39 Å². The number of aromatic nitrogens is 1. The van der Waals surface area contributed by atoms with Crippen molar-refractivity contribution in [3.05, 3.63) is 39.7 Å². The van der Waals surface area contributed by atoms with E-state index in [0.29, 0.717) is 24.5 Å². The fourth-order valence-corrected chi connectivity index (χ4v) is 2.88. The first-order valence-electron chi connectivity index (χ1n) is 8.10. The second kappa shape index (κ2) is 10.2. The summed E-state index contributed by atoms with van der Waals surface area (Å²) >= 11 is 1.68. The van der Waals surface area contributed by atoms with Crippen molar-refractivity contribution in [3.8, 4) is 0 Å². The summed E-state index contributed by atoms with van der Waals surface area (Å²) in [6.07, 6.45) is -3.76. The van der Waals surface area contributed by atoms with Gasteiger partial charge in [-0.3, -0.25) is 4.79 Å². The molecule has 0 saturated heterocycles. The topological polar surface area (TPSA) is 86.9 Å². The van der Waals surface area contributed by atoms with E-state index in [9.17, 15) is 18.0 Å². The van der Waals surface area contributed by atoms with Crippen LogP contribution in [0.3, 0.4) is 0 Å². The molecule has 0 fully saturated rings. The van der Waals surface area contributed by atoms with Gasteiger partial charge in [-0.05, 0) is 45.0 Å². The van der Waals surface area contributed by atoms with Gasteiger partial charge in [-0.25, -0.2) is 9.78 Å². The largest absolute Gasteiger partial charge is 0.490 e. The fourth-order valence-electron chi connectivity index (χ4n) is 1.96. The number of carbonyl (C=O) groups is 2. The minimum atomic E-state index is -5.08. The van der Waals surface area contributed by atoms with Gasteiger partial charge in [0, 0.05) is 18.0 Å². The van der Waals surface area contributed by atoms with Crippen molar-refractivity contribution in [1.29, 1.82) is 0 Å². The summed E-state index contributed by atoms with van der Waals surface area (Å²) in [6.45, 7) is 5.93. The minimum absolute atomic E-state index is 0.0975. The van der Waals surface area contributed by atoms with Crippen LogP contribution in [-0.2, 0) is 11.3 Å². The van der Waals surface area contributed by atoms with Crippen LogP contribution < -0.4 is 0 Å². The first kappa shape index (κ1) is 23.6. The first-order valence-corrected chi connectivity index (χ1v) is 8.98. The molecule has 0 spiro atoms. The number of likely N-dealkylation sites (N-methyl/N-ethyl adjacent to an activating group) is 1. The number of hydrogen-bond acceptors (Lipinski definition) is 6. The van der Waals surface area contributed by atoms with E-state index in [1.54, 1.807) is 18.3 Å². The molecule has 2 heterocycles. The Morgan fingerprint density at radius 3 is 2.25 bits per heavy atom. The Morgan fingerprint density at radius 2 is 1.86 bits per heavy atom. The summed E-state index contributed by atoms with van der Waals surface area (Å²) in [7, 11) is 4.00.